The molecule has 1 fully saturated rings. The van der Waals surface area contributed by atoms with E-state index in [9.17, 15) is 5.11 Å². The second-order valence-corrected chi connectivity index (χ2v) is 3.38. The number of aliphatic hydroxyl groups excluding tert-OH is 1. The Balaban J connectivity index is 0.000001000. The first-order valence-corrected chi connectivity index (χ1v) is 4.06. The second-order valence-electron chi connectivity index (χ2n) is 3.38. The summed E-state index contributed by atoms with van der Waals surface area (Å²) in [6, 6.07) is 0.411. The molecular formula is C8H18ClNO. The SMILES string of the molecule is CN(C)C1CCCCC1O.Cl. The summed E-state index contributed by atoms with van der Waals surface area (Å²) >= 11 is 0. The van der Waals surface area contributed by atoms with Gasteiger partial charge in [-0.15, -0.1) is 12.4 Å². The van der Waals surface area contributed by atoms with Gasteiger partial charge in [-0.05, 0) is 26.9 Å². The van der Waals surface area contributed by atoms with Gasteiger partial charge in [0.25, 0.3) is 0 Å². The van der Waals surface area contributed by atoms with E-state index < -0.39 is 0 Å². The Kier molecular flexibility index (Phi) is 5.06. The van der Waals surface area contributed by atoms with Gasteiger partial charge in [0.05, 0.1) is 6.10 Å². The molecule has 1 aliphatic carbocycles. The molecule has 2 unspecified atom stereocenters. The van der Waals surface area contributed by atoms with Crippen LogP contribution < -0.4 is 0 Å². The number of hydrogen-bond donors (Lipinski definition) is 1. The summed E-state index contributed by atoms with van der Waals surface area (Å²) in [6.45, 7) is 0. The summed E-state index contributed by atoms with van der Waals surface area (Å²) in [4.78, 5) is 2.13. The highest BCUT2D eigenvalue weighted by Gasteiger charge is 2.23. The predicted molar refractivity (Wildman–Crippen MR) is 49.2 cm³/mol. The van der Waals surface area contributed by atoms with Crippen LogP contribution in [0, 0.1) is 0 Å². The molecule has 0 bridgehead atoms. The lowest BCUT2D eigenvalue weighted by molar-refractivity contribution is 0.0435. The fourth-order valence-corrected chi connectivity index (χ4v) is 1.69. The van der Waals surface area contributed by atoms with Gasteiger partial charge >= 0.3 is 0 Å². The van der Waals surface area contributed by atoms with Crippen molar-refractivity contribution in [3.8, 4) is 0 Å². The molecule has 0 aromatic heterocycles. The summed E-state index contributed by atoms with van der Waals surface area (Å²) < 4.78 is 0. The minimum Gasteiger partial charge on any atom is -0.391 e. The lowest BCUT2D eigenvalue weighted by atomic mass is 9.92. The first-order valence-electron chi connectivity index (χ1n) is 4.06. The van der Waals surface area contributed by atoms with Crippen LogP contribution in [0.1, 0.15) is 25.7 Å². The lowest BCUT2D eigenvalue weighted by Crippen LogP contribution is -2.41. The molecule has 0 aromatic carbocycles. The van der Waals surface area contributed by atoms with Crippen LogP contribution in [0.5, 0.6) is 0 Å². The molecule has 0 heterocycles. The largest absolute Gasteiger partial charge is 0.391 e. The zero-order valence-electron chi connectivity index (χ0n) is 7.29. The number of hydrogen-bond acceptors (Lipinski definition) is 2. The van der Waals surface area contributed by atoms with Gasteiger partial charge < -0.3 is 10.0 Å². The number of rotatable bonds is 1. The average Bonchev–Trinajstić information content (AvgIpc) is 1.88. The molecule has 0 spiro atoms. The highest BCUT2D eigenvalue weighted by molar-refractivity contribution is 5.85. The highest BCUT2D eigenvalue weighted by atomic mass is 35.5. The number of aliphatic hydroxyl groups is 1. The Bertz CT molecular complexity index is 108. The van der Waals surface area contributed by atoms with Gasteiger partial charge in [0, 0.05) is 6.04 Å². The molecule has 1 saturated carbocycles. The topological polar surface area (TPSA) is 23.5 Å². The maximum Gasteiger partial charge on any atom is 0.0695 e. The zero-order valence-corrected chi connectivity index (χ0v) is 8.10. The Hall–Kier alpha value is 0.210. The van der Waals surface area contributed by atoms with Crippen molar-refractivity contribution in [2.45, 2.75) is 37.8 Å². The van der Waals surface area contributed by atoms with Crippen LogP contribution in [-0.2, 0) is 0 Å². The first kappa shape index (κ1) is 11.2. The minimum absolute atomic E-state index is 0. The predicted octanol–water partition coefficient (Wildman–Crippen LogP) is 1.27. The van der Waals surface area contributed by atoms with Crippen molar-refractivity contribution in [2.24, 2.45) is 0 Å². The molecule has 3 heteroatoms. The standard InChI is InChI=1S/C8H17NO.ClH/c1-9(2)7-5-3-4-6-8(7)10;/h7-8,10H,3-6H2,1-2H3;1H. The van der Waals surface area contributed by atoms with E-state index in [4.69, 9.17) is 0 Å². The number of nitrogens with zero attached hydrogens (tertiary/aromatic N) is 1. The molecule has 0 saturated heterocycles. The van der Waals surface area contributed by atoms with E-state index in [2.05, 4.69) is 4.90 Å². The van der Waals surface area contributed by atoms with Crippen molar-refractivity contribution in [2.75, 3.05) is 14.1 Å². The van der Waals surface area contributed by atoms with E-state index in [1.807, 2.05) is 14.1 Å². The third kappa shape index (κ3) is 2.97. The highest BCUT2D eigenvalue weighted by Crippen LogP contribution is 2.20. The van der Waals surface area contributed by atoms with E-state index in [1.54, 1.807) is 0 Å². The van der Waals surface area contributed by atoms with Crippen molar-refractivity contribution < 1.29 is 5.11 Å². The number of likely N-dealkylation sites (N-methyl/N-ethyl adjacent to an activating group) is 1. The Morgan fingerprint density at radius 3 is 2.09 bits per heavy atom. The van der Waals surface area contributed by atoms with Crippen LogP contribution in [0.4, 0.5) is 0 Å². The van der Waals surface area contributed by atoms with Crippen LogP contribution in [0.2, 0.25) is 0 Å². The van der Waals surface area contributed by atoms with Gasteiger partial charge in [0.2, 0.25) is 0 Å². The zero-order chi connectivity index (χ0) is 7.56. The Morgan fingerprint density at radius 2 is 1.73 bits per heavy atom. The third-order valence-electron chi connectivity index (χ3n) is 2.36. The van der Waals surface area contributed by atoms with Gasteiger partial charge in [-0.3, -0.25) is 0 Å². The molecule has 1 aliphatic rings. The maximum atomic E-state index is 9.50. The number of halogens is 1. The molecule has 1 N–H and O–H groups in total. The van der Waals surface area contributed by atoms with Gasteiger partial charge in [0.15, 0.2) is 0 Å². The van der Waals surface area contributed by atoms with Crippen molar-refractivity contribution in [1.29, 1.82) is 0 Å². The third-order valence-corrected chi connectivity index (χ3v) is 2.36. The molecule has 0 amide bonds. The summed E-state index contributed by atoms with van der Waals surface area (Å²) in [6.07, 6.45) is 4.55. The summed E-state index contributed by atoms with van der Waals surface area (Å²) in [5.41, 5.74) is 0. The summed E-state index contributed by atoms with van der Waals surface area (Å²) in [5.74, 6) is 0. The van der Waals surface area contributed by atoms with Crippen LogP contribution in [0.25, 0.3) is 0 Å². The fourth-order valence-electron chi connectivity index (χ4n) is 1.69. The van der Waals surface area contributed by atoms with E-state index >= 15 is 0 Å². The fraction of sp³-hybridized carbons (Fsp3) is 1.00. The molecule has 0 aliphatic heterocycles. The molecule has 11 heavy (non-hydrogen) atoms. The van der Waals surface area contributed by atoms with Gasteiger partial charge in [-0.25, -0.2) is 0 Å². The van der Waals surface area contributed by atoms with E-state index in [0.717, 1.165) is 12.8 Å². The Labute approximate surface area is 75.0 Å². The smallest absolute Gasteiger partial charge is 0.0695 e. The molecule has 2 nitrogen and oxygen atoms in total. The molecule has 2 atom stereocenters. The average molecular weight is 180 g/mol. The van der Waals surface area contributed by atoms with Crippen LogP contribution in [0.15, 0.2) is 0 Å². The van der Waals surface area contributed by atoms with Crippen LogP contribution in [0.3, 0.4) is 0 Å². The van der Waals surface area contributed by atoms with Crippen molar-refractivity contribution in [3.05, 3.63) is 0 Å². The van der Waals surface area contributed by atoms with E-state index in [1.165, 1.54) is 12.8 Å². The van der Waals surface area contributed by atoms with Crippen LogP contribution in [-0.4, -0.2) is 36.2 Å². The summed E-state index contributed by atoms with van der Waals surface area (Å²) in [7, 11) is 4.08. The molecule has 0 aromatic rings. The minimum atomic E-state index is -0.0799. The second kappa shape index (κ2) is 4.96. The van der Waals surface area contributed by atoms with Gasteiger partial charge in [0.1, 0.15) is 0 Å². The molecule has 68 valence electrons. The van der Waals surface area contributed by atoms with E-state index in [-0.39, 0.29) is 18.5 Å². The van der Waals surface area contributed by atoms with Crippen LogP contribution >= 0.6 is 12.4 Å². The monoisotopic (exact) mass is 179 g/mol. The molecule has 1 rings (SSSR count). The van der Waals surface area contributed by atoms with Crippen molar-refractivity contribution >= 4 is 12.4 Å². The maximum absolute atomic E-state index is 9.50. The lowest BCUT2D eigenvalue weighted by Gasteiger charge is -2.32. The molecule has 0 radical (unpaired) electrons. The van der Waals surface area contributed by atoms with Crippen molar-refractivity contribution in [3.63, 3.8) is 0 Å². The normalized spacial score (nSPS) is 31.6. The molecular weight excluding hydrogens is 162 g/mol. The quantitative estimate of drug-likeness (QED) is 0.656. The van der Waals surface area contributed by atoms with Gasteiger partial charge in [-0.1, -0.05) is 12.8 Å². The van der Waals surface area contributed by atoms with E-state index in [0.29, 0.717) is 6.04 Å². The van der Waals surface area contributed by atoms with Gasteiger partial charge in [-0.2, -0.15) is 0 Å². The summed E-state index contributed by atoms with van der Waals surface area (Å²) in [5, 5.41) is 9.50. The Morgan fingerprint density at radius 1 is 1.18 bits per heavy atom. The first-order chi connectivity index (χ1) is 4.72. The van der Waals surface area contributed by atoms with Crippen molar-refractivity contribution in [1.82, 2.24) is 4.90 Å².